The zero-order valence-corrected chi connectivity index (χ0v) is 10.4. The van der Waals surface area contributed by atoms with Crippen molar-refractivity contribution >= 4 is 16.8 Å². The smallest absolute Gasteiger partial charge is 0.230 e. The van der Waals surface area contributed by atoms with Gasteiger partial charge in [-0.2, -0.15) is 0 Å². The van der Waals surface area contributed by atoms with E-state index in [2.05, 4.69) is 0 Å². The van der Waals surface area contributed by atoms with Gasteiger partial charge in [-0.25, -0.2) is 0 Å². The molecule has 16 heavy (non-hydrogen) atoms. The Morgan fingerprint density at radius 1 is 1.31 bits per heavy atom. The number of hydrogen-bond donors (Lipinski definition) is 0. The molecule has 1 aromatic carbocycles. The van der Waals surface area contributed by atoms with Gasteiger partial charge in [-0.15, -0.1) is 0 Å². The van der Waals surface area contributed by atoms with Crippen LogP contribution in [0.25, 0.3) is 0 Å². The van der Waals surface area contributed by atoms with Gasteiger partial charge in [-0.3, -0.25) is 4.79 Å². The lowest BCUT2D eigenvalue weighted by Crippen LogP contribution is -2.27. The van der Waals surface area contributed by atoms with Crippen LogP contribution in [0.3, 0.4) is 0 Å². The number of ether oxygens (including phenoxy) is 2. The fourth-order valence-corrected chi connectivity index (χ4v) is 1.11. The molecule has 0 heterocycles. The van der Waals surface area contributed by atoms with Crippen LogP contribution in [0.5, 0.6) is 11.5 Å². The molecule has 0 saturated carbocycles. The summed E-state index contributed by atoms with van der Waals surface area (Å²) in [4.78, 5) is 11.1. The predicted octanol–water partition coefficient (Wildman–Crippen LogP) is 2.87. The van der Waals surface area contributed by atoms with E-state index in [0.29, 0.717) is 11.5 Å². The van der Waals surface area contributed by atoms with Crippen molar-refractivity contribution in [1.82, 2.24) is 0 Å². The van der Waals surface area contributed by atoms with Crippen molar-refractivity contribution < 1.29 is 14.3 Å². The second-order valence-electron chi connectivity index (χ2n) is 4.10. The van der Waals surface area contributed by atoms with E-state index in [1.54, 1.807) is 33.1 Å². The maximum absolute atomic E-state index is 11.1. The minimum atomic E-state index is -0.706. The van der Waals surface area contributed by atoms with E-state index in [-0.39, 0.29) is 6.61 Å². The zero-order chi connectivity index (χ0) is 12.2. The summed E-state index contributed by atoms with van der Waals surface area (Å²) >= 11 is 5.46. The maximum Gasteiger partial charge on any atom is 0.230 e. The maximum atomic E-state index is 11.1. The summed E-state index contributed by atoms with van der Waals surface area (Å²) in [5.74, 6) is 1.25. The summed E-state index contributed by atoms with van der Waals surface area (Å²) < 4.78 is 10.7. The molecule has 0 atom stereocenters. The molecule has 0 aliphatic carbocycles. The molecule has 0 N–H and O–H groups in total. The average molecular weight is 243 g/mol. The topological polar surface area (TPSA) is 35.5 Å². The third kappa shape index (κ3) is 3.14. The first-order chi connectivity index (χ1) is 7.47. The lowest BCUT2D eigenvalue weighted by molar-refractivity contribution is -0.120. The molecule has 0 fully saturated rings. The van der Waals surface area contributed by atoms with E-state index in [1.165, 1.54) is 0 Å². The molecule has 0 aliphatic rings. The fourth-order valence-electron chi connectivity index (χ4n) is 1.05. The van der Waals surface area contributed by atoms with Gasteiger partial charge in [0.15, 0.2) is 11.5 Å². The highest BCUT2D eigenvalue weighted by Gasteiger charge is 2.27. The highest BCUT2D eigenvalue weighted by molar-refractivity contribution is 6.64. The van der Waals surface area contributed by atoms with Gasteiger partial charge in [0, 0.05) is 0 Å². The third-order valence-electron chi connectivity index (χ3n) is 2.19. The van der Waals surface area contributed by atoms with E-state index < -0.39 is 10.7 Å². The van der Waals surface area contributed by atoms with Crippen LogP contribution in [0.15, 0.2) is 24.3 Å². The molecule has 4 heteroatoms. The first-order valence-electron chi connectivity index (χ1n) is 4.93. The fraction of sp³-hybridized carbons (Fsp3) is 0.417. The number of para-hydroxylation sites is 2. The van der Waals surface area contributed by atoms with Crippen LogP contribution < -0.4 is 9.47 Å². The normalized spacial score (nSPS) is 11.0. The Labute approximate surface area is 100 Å². The SMILES string of the molecule is COc1ccccc1OCC(C)(C)C(=O)Cl. The van der Waals surface area contributed by atoms with E-state index in [4.69, 9.17) is 21.1 Å². The van der Waals surface area contributed by atoms with E-state index in [1.807, 2.05) is 12.1 Å². The molecule has 0 unspecified atom stereocenters. The Morgan fingerprint density at radius 2 is 1.88 bits per heavy atom. The Bertz CT molecular complexity index is 374. The van der Waals surface area contributed by atoms with Gasteiger partial charge in [-0.05, 0) is 37.6 Å². The molecule has 0 saturated heterocycles. The van der Waals surface area contributed by atoms with Crippen LogP contribution in [-0.4, -0.2) is 19.0 Å². The summed E-state index contributed by atoms with van der Waals surface area (Å²) in [5, 5.41) is -0.414. The Hall–Kier alpha value is -1.22. The lowest BCUT2D eigenvalue weighted by atomic mass is 9.97. The molecule has 0 aliphatic heterocycles. The van der Waals surface area contributed by atoms with Crippen molar-refractivity contribution in [3.05, 3.63) is 24.3 Å². The van der Waals surface area contributed by atoms with Crippen molar-refractivity contribution in [2.75, 3.05) is 13.7 Å². The molecule has 0 amide bonds. The number of carbonyl (C=O) groups excluding carboxylic acids is 1. The molecular weight excluding hydrogens is 228 g/mol. The van der Waals surface area contributed by atoms with Crippen LogP contribution in [-0.2, 0) is 4.79 Å². The monoisotopic (exact) mass is 242 g/mol. The van der Waals surface area contributed by atoms with Crippen LogP contribution in [0.2, 0.25) is 0 Å². The third-order valence-corrected chi connectivity index (χ3v) is 2.70. The molecule has 0 radical (unpaired) electrons. The molecular formula is C12H15ClO3. The molecule has 1 rings (SSSR count). The van der Waals surface area contributed by atoms with Gasteiger partial charge >= 0.3 is 0 Å². The predicted molar refractivity (Wildman–Crippen MR) is 63.1 cm³/mol. The number of hydrogen-bond acceptors (Lipinski definition) is 3. The summed E-state index contributed by atoms with van der Waals surface area (Å²) in [6.07, 6.45) is 0. The minimum Gasteiger partial charge on any atom is -0.493 e. The largest absolute Gasteiger partial charge is 0.493 e. The van der Waals surface area contributed by atoms with Crippen LogP contribution in [0.1, 0.15) is 13.8 Å². The van der Waals surface area contributed by atoms with Crippen molar-refractivity contribution in [1.29, 1.82) is 0 Å². The van der Waals surface area contributed by atoms with Gasteiger partial charge < -0.3 is 9.47 Å². The Balaban J connectivity index is 2.71. The van der Waals surface area contributed by atoms with Crippen molar-refractivity contribution in [2.24, 2.45) is 5.41 Å². The second kappa shape index (κ2) is 5.21. The molecule has 1 aromatic rings. The first-order valence-corrected chi connectivity index (χ1v) is 5.31. The molecule has 0 bridgehead atoms. The number of methoxy groups -OCH3 is 1. The highest BCUT2D eigenvalue weighted by atomic mass is 35.5. The summed E-state index contributed by atoms with van der Waals surface area (Å²) in [6, 6.07) is 7.27. The van der Waals surface area contributed by atoms with E-state index in [9.17, 15) is 4.79 Å². The summed E-state index contributed by atoms with van der Waals surface area (Å²) in [5.41, 5.74) is -0.706. The van der Waals surface area contributed by atoms with Crippen LogP contribution in [0.4, 0.5) is 0 Å². The Kier molecular flexibility index (Phi) is 4.19. The molecule has 0 aromatic heterocycles. The van der Waals surface area contributed by atoms with Crippen molar-refractivity contribution in [2.45, 2.75) is 13.8 Å². The second-order valence-corrected chi connectivity index (χ2v) is 4.44. The Morgan fingerprint density at radius 3 is 2.38 bits per heavy atom. The first kappa shape index (κ1) is 12.8. The van der Waals surface area contributed by atoms with Gasteiger partial charge in [0.25, 0.3) is 0 Å². The van der Waals surface area contributed by atoms with Crippen molar-refractivity contribution in [3.63, 3.8) is 0 Å². The standard InChI is InChI=1S/C12H15ClO3/c1-12(2,11(13)14)8-16-10-7-5-4-6-9(10)15-3/h4-7H,8H2,1-3H3. The lowest BCUT2D eigenvalue weighted by Gasteiger charge is -2.20. The van der Waals surface area contributed by atoms with Gasteiger partial charge in [-0.1, -0.05) is 12.1 Å². The number of benzene rings is 1. The van der Waals surface area contributed by atoms with E-state index in [0.717, 1.165) is 0 Å². The van der Waals surface area contributed by atoms with Crippen molar-refractivity contribution in [3.8, 4) is 11.5 Å². The number of carbonyl (C=O) groups is 1. The van der Waals surface area contributed by atoms with E-state index >= 15 is 0 Å². The van der Waals surface area contributed by atoms with Gasteiger partial charge in [0.2, 0.25) is 5.24 Å². The zero-order valence-electron chi connectivity index (χ0n) is 9.62. The number of halogens is 1. The number of rotatable bonds is 5. The van der Waals surface area contributed by atoms with Gasteiger partial charge in [0.05, 0.1) is 12.5 Å². The van der Waals surface area contributed by atoms with Crippen LogP contribution in [0, 0.1) is 5.41 Å². The molecule has 88 valence electrons. The molecule has 0 spiro atoms. The summed E-state index contributed by atoms with van der Waals surface area (Å²) in [7, 11) is 1.57. The van der Waals surface area contributed by atoms with Gasteiger partial charge in [0.1, 0.15) is 6.61 Å². The minimum absolute atomic E-state index is 0.218. The highest BCUT2D eigenvalue weighted by Crippen LogP contribution is 2.28. The quantitative estimate of drug-likeness (QED) is 0.745. The summed E-state index contributed by atoms with van der Waals surface area (Å²) in [6.45, 7) is 3.69. The van der Waals surface area contributed by atoms with Crippen LogP contribution >= 0.6 is 11.6 Å². The molecule has 3 nitrogen and oxygen atoms in total. The average Bonchev–Trinajstić information content (AvgIpc) is 2.26.